The second-order valence-electron chi connectivity index (χ2n) is 3.80. The highest BCUT2D eigenvalue weighted by Gasteiger charge is 2.01. The number of aromatic nitrogens is 1. The molecule has 3 heteroatoms. The van der Waals surface area contributed by atoms with E-state index in [-0.39, 0.29) is 0 Å². The molecule has 0 radical (unpaired) electrons. The number of aryl methyl sites for hydroxylation is 1. The molecule has 0 atom stereocenters. The van der Waals surface area contributed by atoms with Crippen molar-refractivity contribution in [3.8, 4) is 11.8 Å². The van der Waals surface area contributed by atoms with Crippen LogP contribution in [-0.2, 0) is 6.42 Å². The molecule has 1 heterocycles. The van der Waals surface area contributed by atoms with Gasteiger partial charge in [-0.05, 0) is 30.2 Å². The van der Waals surface area contributed by atoms with Crippen molar-refractivity contribution in [2.75, 3.05) is 0 Å². The van der Waals surface area contributed by atoms with Crippen LogP contribution in [0.1, 0.15) is 23.6 Å². The van der Waals surface area contributed by atoms with Crippen molar-refractivity contribution in [3.63, 3.8) is 0 Å². The first-order valence-electron chi connectivity index (χ1n) is 5.61. The Morgan fingerprint density at radius 1 is 1.06 bits per heavy atom. The highest BCUT2D eigenvalue weighted by atomic mass is 19.2. The zero-order valence-electron chi connectivity index (χ0n) is 9.87. The van der Waals surface area contributed by atoms with E-state index in [4.69, 9.17) is 0 Å². The van der Waals surface area contributed by atoms with Gasteiger partial charge in [0.25, 0.3) is 0 Å². The largest absolute Gasteiger partial charge is 0.248 e. The van der Waals surface area contributed by atoms with Crippen molar-refractivity contribution in [1.29, 1.82) is 0 Å². The maximum atomic E-state index is 12.9. The van der Waals surface area contributed by atoms with Crippen LogP contribution in [0.4, 0.5) is 8.78 Å². The molecule has 90 valence electrons. The Balaban J connectivity index is 2.22. The van der Waals surface area contributed by atoms with E-state index in [1.807, 2.05) is 24.3 Å². The van der Waals surface area contributed by atoms with Gasteiger partial charge >= 0.3 is 0 Å². The summed E-state index contributed by atoms with van der Waals surface area (Å²) < 4.78 is 25.5. The summed E-state index contributed by atoms with van der Waals surface area (Å²) in [4.78, 5) is 3.27. The van der Waals surface area contributed by atoms with Crippen molar-refractivity contribution in [1.82, 2.24) is 4.98 Å². The van der Waals surface area contributed by atoms with Crippen molar-refractivity contribution < 1.29 is 8.78 Å². The molecule has 0 unspecified atom stereocenters. The van der Waals surface area contributed by atoms with E-state index in [2.05, 4.69) is 23.7 Å². The predicted molar refractivity (Wildman–Crippen MR) is 66.0 cm³/mol. The molecule has 0 aliphatic rings. The Kier molecular flexibility index (Phi) is 3.69. The molecule has 2 rings (SSSR count). The summed E-state index contributed by atoms with van der Waals surface area (Å²) in [5.41, 5.74) is 2.42. The van der Waals surface area contributed by atoms with Gasteiger partial charge < -0.3 is 0 Å². The zero-order valence-corrected chi connectivity index (χ0v) is 9.87. The highest BCUT2D eigenvalue weighted by Crippen LogP contribution is 2.06. The summed E-state index contributed by atoms with van der Waals surface area (Å²) in [6.45, 7) is 2.08. The Labute approximate surface area is 104 Å². The Bertz CT molecular complexity index is 607. The fourth-order valence-electron chi connectivity index (χ4n) is 1.46. The van der Waals surface area contributed by atoms with Crippen molar-refractivity contribution in [2.45, 2.75) is 13.3 Å². The van der Waals surface area contributed by atoms with Crippen LogP contribution in [0, 0.1) is 23.6 Å². The van der Waals surface area contributed by atoms with E-state index >= 15 is 0 Å². The van der Waals surface area contributed by atoms with Crippen LogP contribution in [0.2, 0.25) is 0 Å². The first-order valence-corrected chi connectivity index (χ1v) is 5.61. The van der Waals surface area contributed by atoms with E-state index < -0.39 is 11.8 Å². The monoisotopic (exact) mass is 243 g/mol. The van der Waals surface area contributed by atoms with Crippen LogP contribution >= 0.6 is 0 Å². The van der Waals surface area contributed by atoms with Crippen molar-refractivity contribution in [3.05, 3.63) is 65.0 Å². The molecule has 0 N–H and O–H groups in total. The average Bonchev–Trinajstić information content (AvgIpc) is 2.41. The third kappa shape index (κ3) is 2.92. The molecule has 18 heavy (non-hydrogen) atoms. The van der Waals surface area contributed by atoms with Gasteiger partial charge in [-0.25, -0.2) is 9.37 Å². The molecular formula is C15H11F2N. The molecule has 0 aliphatic heterocycles. The fraction of sp³-hybridized carbons (Fsp3) is 0.133. The molecule has 0 bridgehead atoms. The quantitative estimate of drug-likeness (QED) is 0.553. The minimum atomic E-state index is -1.10. The van der Waals surface area contributed by atoms with Gasteiger partial charge in [-0.3, -0.25) is 0 Å². The third-order valence-electron chi connectivity index (χ3n) is 2.51. The maximum Gasteiger partial charge on any atom is 0.248 e. The standard InChI is InChI=1S/C15H11F2N/c1-2-11-3-5-12(6-4-11)7-8-13-9-14(16)15(17)18-10-13/h3-6,9-10H,2H2,1H3. The SMILES string of the molecule is CCc1ccc(C#Cc2cnc(F)c(F)c2)cc1. The molecule has 1 aromatic carbocycles. The predicted octanol–water partition coefficient (Wildman–Crippen LogP) is 3.32. The maximum absolute atomic E-state index is 12.9. The first-order chi connectivity index (χ1) is 8.69. The summed E-state index contributed by atoms with van der Waals surface area (Å²) >= 11 is 0. The van der Waals surface area contributed by atoms with E-state index in [9.17, 15) is 8.78 Å². The van der Waals surface area contributed by atoms with Gasteiger partial charge in [-0.1, -0.05) is 30.9 Å². The number of halogens is 2. The van der Waals surface area contributed by atoms with E-state index in [0.717, 1.165) is 18.1 Å². The van der Waals surface area contributed by atoms with E-state index in [0.29, 0.717) is 5.56 Å². The average molecular weight is 243 g/mol. The first kappa shape index (κ1) is 12.3. The molecule has 1 nitrogen and oxygen atoms in total. The summed E-state index contributed by atoms with van der Waals surface area (Å²) in [5, 5.41) is 0. The Morgan fingerprint density at radius 3 is 2.33 bits per heavy atom. The second kappa shape index (κ2) is 5.42. The van der Waals surface area contributed by atoms with E-state index in [1.54, 1.807) is 0 Å². The smallest absolute Gasteiger partial charge is 0.224 e. The highest BCUT2D eigenvalue weighted by molar-refractivity contribution is 5.42. The molecular weight excluding hydrogens is 232 g/mol. The minimum absolute atomic E-state index is 0.355. The Morgan fingerprint density at radius 2 is 1.72 bits per heavy atom. The lowest BCUT2D eigenvalue weighted by atomic mass is 10.1. The van der Waals surface area contributed by atoms with Crippen LogP contribution < -0.4 is 0 Å². The molecule has 0 saturated heterocycles. The molecule has 0 fully saturated rings. The molecule has 2 aromatic rings. The fourth-order valence-corrected chi connectivity index (χ4v) is 1.46. The number of pyridine rings is 1. The number of benzene rings is 1. The number of hydrogen-bond donors (Lipinski definition) is 0. The van der Waals surface area contributed by atoms with Crippen molar-refractivity contribution in [2.24, 2.45) is 0 Å². The van der Waals surface area contributed by atoms with Gasteiger partial charge in [0.2, 0.25) is 5.95 Å². The number of rotatable bonds is 1. The molecule has 0 saturated carbocycles. The molecule has 0 aliphatic carbocycles. The Hall–Kier alpha value is -2.21. The van der Waals surface area contributed by atoms with Gasteiger partial charge in [-0.15, -0.1) is 0 Å². The van der Waals surface area contributed by atoms with Gasteiger partial charge in [0.05, 0.1) is 0 Å². The lowest BCUT2D eigenvalue weighted by molar-refractivity contribution is 0.479. The molecule has 0 spiro atoms. The summed E-state index contributed by atoms with van der Waals surface area (Å²) in [6.07, 6.45) is 2.19. The molecule has 0 amide bonds. The second-order valence-corrected chi connectivity index (χ2v) is 3.80. The van der Waals surface area contributed by atoms with Crippen LogP contribution in [0.25, 0.3) is 0 Å². The van der Waals surface area contributed by atoms with Gasteiger partial charge in [-0.2, -0.15) is 4.39 Å². The van der Waals surface area contributed by atoms with Crippen LogP contribution in [0.3, 0.4) is 0 Å². The van der Waals surface area contributed by atoms with Crippen LogP contribution in [-0.4, -0.2) is 4.98 Å². The summed E-state index contributed by atoms with van der Waals surface area (Å²) in [6, 6.07) is 8.83. The number of hydrogen-bond acceptors (Lipinski definition) is 1. The minimum Gasteiger partial charge on any atom is -0.224 e. The van der Waals surface area contributed by atoms with Crippen LogP contribution in [0.15, 0.2) is 36.5 Å². The van der Waals surface area contributed by atoms with Gasteiger partial charge in [0.15, 0.2) is 5.82 Å². The summed E-state index contributed by atoms with van der Waals surface area (Å²) in [7, 11) is 0. The topological polar surface area (TPSA) is 12.9 Å². The van der Waals surface area contributed by atoms with Crippen LogP contribution in [0.5, 0.6) is 0 Å². The lowest BCUT2D eigenvalue weighted by Gasteiger charge is -1.95. The lowest BCUT2D eigenvalue weighted by Crippen LogP contribution is -1.90. The van der Waals surface area contributed by atoms with Gasteiger partial charge in [0, 0.05) is 17.3 Å². The normalized spacial score (nSPS) is 9.72. The van der Waals surface area contributed by atoms with Crippen molar-refractivity contribution >= 4 is 0 Å². The summed E-state index contributed by atoms with van der Waals surface area (Å²) in [5.74, 6) is 3.54. The van der Waals surface area contributed by atoms with Gasteiger partial charge in [0.1, 0.15) is 0 Å². The molecule has 1 aromatic heterocycles. The number of nitrogens with zero attached hydrogens (tertiary/aromatic N) is 1. The third-order valence-corrected chi connectivity index (χ3v) is 2.51. The zero-order chi connectivity index (χ0) is 13.0. The van der Waals surface area contributed by atoms with E-state index in [1.165, 1.54) is 11.8 Å².